The molecule has 4 rings (SSSR count). The highest BCUT2D eigenvalue weighted by Gasteiger charge is 2.12. The number of fused-ring (bicyclic) bond motifs is 1. The lowest BCUT2D eigenvalue weighted by atomic mass is 10.1. The zero-order valence-corrected chi connectivity index (χ0v) is 18.6. The maximum absolute atomic E-state index is 12.4. The lowest BCUT2D eigenvalue weighted by Crippen LogP contribution is -2.22. The molecule has 2 amide bonds. The Morgan fingerprint density at radius 3 is 2.42 bits per heavy atom. The molecule has 0 saturated heterocycles. The van der Waals surface area contributed by atoms with Crippen LogP contribution in [0.5, 0.6) is 5.75 Å². The Kier molecular flexibility index (Phi) is 6.74. The van der Waals surface area contributed by atoms with E-state index in [0.717, 1.165) is 27.8 Å². The van der Waals surface area contributed by atoms with Crippen LogP contribution in [0.15, 0.2) is 83.3 Å². The first kappa shape index (κ1) is 22.1. The monoisotopic (exact) mass is 442 g/mol. The van der Waals surface area contributed by atoms with Gasteiger partial charge in [-0.3, -0.25) is 9.59 Å². The molecule has 0 aliphatic carbocycles. The highest BCUT2D eigenvalue weighted by molar-refractivity contribution is 5.92. The van der Waals surface area contributed by atoms with Crippen LogP contribution in [0.25, 0.3) is 10.8 Å². The minimum atomic E-state index is -0.302. The first-order valence-corrected chi connectivity index (χ1v) is 10.9. The third-order valence-electron chi connectivity index (χ3n) is 5.19. The minimum absolute atomic E-state index is 0.0331. The van der Waals surface area contributed by atoms with Crippen molar-refractivity contribution in [3.8, 4) is 5.75 Å². The molecule has 2 N–H and O–H groups in total. The van der Waals surface area contributed by atoms with Crippen LogP contribution in [-0.2, 0) is 17.9 Å². The summed E-state index contributed by atoms with van der Waals surface area (Å²) >= 11 is 0. The summed E-state index contributed by atoms with van der Waals surface area (Å²) in [5.74, 6) is 1.12. The van der Waals surface area contributed by atoms with Crippen LogP contribution < -0.4 is 15.4 Å². The highest BCUT2D eigenvalue weighted by atomic mass is 16.5. The molecule has 3 aromatic carbocycles. The highest BCUT2D eigenvalue weighted by Crippen LogP contribution is 2.22. The summed E-state index contributed by atoms with van der Waals surface area (Å²) in [6, 6.07) is 24.7. The molecule has 0 unspecified atom stereocenters. The first-order valence-electron chi connectivity index (χ1n) is 10.9. The number of carbonyl (C=O) groups is 2. The summed E-state index contributed by atoms with van der Waals surface area (Å²) in [7, 11) is 0. The van der Waals surface area contributed by atoms with E-state index >= 15 is 0 Å². The second kappa shape index (κ2) is 10.0. The fourth-order valence-electron chi connectivity index (χ4n) is 3.25. The summed E-state index contributed by atoms with van der Waals surface area (Å²) in [5.41, 5.74) is 1.64. The van der Waals surface area contributed by atoms with Gasteiger partial charge in [0.05, 0.1) is 0 Å². The Balaban J connectivity index is 1.28. The van der Waals surface area contributed by atoms with Crippen molar-refractivity contribution < 1.29 is 18.7 Å². The van der Waals surface area contributed by atoms with Crippen molar-refractivity contribution in [1.82, 2.24) is 5.32 Å². The zero-order valence-electron chi connectivity index (χ0n) is 18.6. The number of hydrogen-bond acceptors (Lipinski definition) is 4. The summed E-state index contributed by atoms with van der Waals surface area (Å²) < 4.78 is 11.5. The number of benzene rings is 3. The molecule has 0 aliphatic heterocycles. The fraction of sp³-hybridized carbons (Fsp3) is 0.185. The number of anilines is 1. The van der Waals surface area contributed by atoms with Gasteiger partial charge in [0, 0.05) is 18.2 Å². The summed E-state index contributed by atoms with van der Waals surface area (Å²) in [6.45, 7) is 4.26. The molecule has 6 nitrogen and oxygen atoms in total. The van der Waals surface area contributed by atoms with Gasteiger partial charge in [0.25, 0.3) is 5.91 Å². The van der Waals surface area contributed by atoms with Gasteiger partial charge in [-0.05, 0) is 52.7 Å². The van der Waals surface area contributed by atoms with Crippen LogP contribution >= 0.6 is 0 Å². The second-order valence-electron chi connectivity index (χ2n) is 8.09. The van der Waals surface area contributed by atoms with Crippen molar-refractivity contribution in [2.75, 3.05) is 5.32 Å². The van der Waals surface area contributed by atoms with E-state index in [1.807, 2.05) is 74.5 Å². The maximum Gasteiger partial charge on any atom is 0.287 e. The molecule has 0 spiro atoms. The molecule has 0 atom stereocenters. The van der Waals surface area contributed by atoms with Gasteiger partial charge in [0.1, 0.15) is 18.1 Å². The summed E-state index contributed by atoms with van der Waals surface area (Å²) in [4.78, 5) is 24.2. The molecule has 0 aliphatic rings. The van der Waals surface area contributed by atoms with Gasteiger partial charge >= 0.3 is 0 Å². The largest absolute Gasteiger partial charge is 0.486 e. The molecular weight excluding hydrogens is 416 g/mol. The number of ether oxygens (including phenoxy) is 1. The second-order valence-corrected chi connectivity index (χ2v) is 8.09. The number of nitrogens with one attached hydrogen (secondary N) is 2. The Labute approximate surface area is 192 Å². The van der Waals surface area contributed by atoms with Crippen molar-refractivity contribution in [3.05, 3.63) is 95.9 Å². The first-order chi connectivity index (χ1) is 16.0. The van der Waals surface area contributed by atoms with Gasteiger partial charge in [0.2, 0.25) is 5.91 Å². The normalized spacial score (nSPS) is 10.9. The van der Waals surface area contributed by atoms with Crippen LogP contribution in [0.2, 0.25) is 0 Å². The van der Waals surface area contributed by atoms with E-state index in [4.69, 9.17) is 9.15 Å². The van der Waals surface area contributed by atoms with Crippen LogP contribution in [0.4, 0.5) is 5.69 Å². The van der Waals surface area contributed by atoms with E-state index < -0.39 is 0 Å². The van der Waals surface area contributed by atoms with Gasteiger partial charge in [-0.1, -0.05) is 56.3 Å². The van der Waals surface area contributed by atoms with Gasteiger partial charge in [-0.2, -0.15) is 0 Å². The smallest absolute Gasteiger partial charge is 0.287 e. The third-order valence-corrected chi connectivity index (χ3v) is 5.19. The van der Waals surface area contributed by atoms with Gasteiger partial charge in [0.15, 0.2) is 5.76 Å². The topological polar surface area (TPSA) is 80.6 Å². The van der Waals surface area contributed by atoms with Crippen LogP contribution in [-0.4, -0.2) is 11.8 Å². The Bertz CT molecular complexity index is 1260. The number of rotatable bonds is 8. The van der Waals surface area contributed by atoms with Crippen molar-refractivity contribution in [2.45, 2.75) is 27.0 Å². The van der Waals surface area contributed by atoms with Crippen LogP contribution in [0, 0.1) is 5.92 Å². The molecule has 0 saturated carbocycles. The molecule has 168 valence electrons. The quantitative estimate of drug-likeness (QED) is 0.376. The van der Waals surface area contributed by atoms with Gasteiger partial charge < -0.3 is 19.8 Å². The molecule has 0 fully saturated rings. The number of furan rings is 1. The molecule has 4 aromatic rings. The average molecular weight is 443 g/mol. The van der Waals surface area contributed by atoms with E-state index in [-0.39, 0.29) is 30.1 Å². The fourth-order valence-corrected chi connectivity index (χ4v) is 3.25. The predicted molar refractivity (Wildman–Crippen MR) is 128 cm³/mol. The van der Waals surface area contributed by atoms with Crippen molar-refractivity contribution >= 4 is 28.3 Å². The van der Waals surface area contributed by atoms with Crippen molar-refractivity contribution in [1.29, 1.82) is 0 Å². The third kappa shape index (κ3) is 5.80. The molecule has 1 heterocycles. The summed E-state index contributed by atoms with van der Waals surface area (Å²) in [5, 5.41) is 7.93. The van der Waals surface area contributed by atoms with Crippen molar-refractivity contribution in [3.63, 3.8) is 0 Å². The zero-order chi connectivity index (χ0) is 23.2. The van der Waals surface area contributed by atoms with E-state index in [9.17, 15) is 9.59 Å². The van der Waals surface area contributed by atoms with Crippen molar-refractivity contribution in [2.24, 2.45) is 5.92 Å². The maximum atomic E-state index is 12.4. The molecule has 6 heteroatoms. The van der Waals surface area contributed by atoms with E-state index in [1.54, 1.807) is 12.1 Å². The number of amides is 2. The number of hydrogen-bond donors (Lipinski definition) is 2. The van der Waals surface area contributed by atoms with Crippen LogP contribution in [0.1, 0.15) is 35.7 Å². The minimum Gasteiger partial charge on any atom is -0.486 e. The molecule has 0 bridgehead atoms. The molecular formula is C27H26N2O4. The molecule has 1 aromatic heterocycles. The Morgan fingerprint density at radius 2 is 1.67 bits per heavy atom. The lowest BCUT2D eigenvalue weighted by molar-refractivity contribution is -0.118. The van der Waals surface area contributed by atoms with E-state index in [0.29, 0.717) is 12.3 Å². The SMILES string of the molecule is CC(C)C(=O)Nc1ccc(CNC(=O)c2ccc(COc3ccc4ccccc4c3)o2)cc1. The lowest BCUT2D eigenvalue weighted by Gasteiger charge is -2.09. The predicted octanol–water partition coefficient (Wildman–Crippen LogP) is 5.54. The van der Waals surface area contributed by atoms with Gasteiger partial charge in [-0.25, -0.2) is 0 Å². The average Bonchev–Trinajstić information content (AvgIpc) is 3.31. The summed E-state index contributed by atoms with van der Waals surface area (Å²) in [6.07, 6.45) is 0. The molecule has 33 heavy (non-hydrogen) atoms. The Hall–Kier alpha value is -4.06. The number of carbonyl (C=O) groups excluding carboxylic acids is 2. The van der Waals surface area contributed by atoms with E-state index in [1.165, 1.54) is 0 Å². The molecule has 0 radical (unpaired) electrons. The van der Waals surface area contributed by atoms with Crippen LogP contribution in [0.3, 0.4) is 0 Å². The Morgan fingerprint density at radius 1 is 0.909 bits per heavy atom. The van der Waals surface area contributed by atoms with Gasteiger partial charge in [-0.15, -0.1) is 0 Å². The van der Waals surface area contributed by atoms with E-state index in [2.05, 4.69) is 16.7 Å². The standard InChI is InChI=1S/C27H26N2O4/c1-18(2)26(30)29-22-10-7-19(8-11-22)16-28-27(31)25-14-13-24(33-25)17-32-23-12-9-20-5-3-4-6-21(20)15-23/h3-15,18H,16-17H2,1-2H3,(H,28,31)(H,29,30).